The number of hydrogen-bond acceptors (Lipinski definition) is 3. The van der Waals surface area contributed by atoms with Gasteiger partial charge in [-0.3, -0.25) is 4.79 Å². The summed E-state index contributed by atoms with van der Waals surface area (Å²) in [5.41, 5.74) is 0.910. The molecule has 1 aromatic rings. The van der Waals surface area contributed by atoms with Crippen molar-refractivity contribution in [3.8, 4) is 0 Å². The fourth-order valence-corrected chi connectivity index (χ4v) is 2.31. The SMILES string of the molecule is C=C(I)[C@H](C)CC(=O)N1C(=O)OC[C@@H]1c1ccccc1. The number of carbonyl (C=O) groups is 2. The van der Waals surface area contributed by atoms with Crippen LogP contribution < -0.4 is 0 Å². The summed E-state index contributed by atoms with van der Waals surface area (Å²) in [5, 5.41) is 0. The molecule has 5 heteroatoms. The van der Waals surface area contributed by atoms with Gasteiger partial charge in [-0.15, -0.1) is 0 Å². The first-order valence-corrected chi connectivity index (χ1v) is 7.46. The van der Waals surface area contributed by atoms with Gasteiger partial charge in [0, 0.05) is 6.42 Å². The van der Waals surface area contributed by atoms with Crippen molar-refractivity contribution in [2.75, 3.05) is 6.61 Å². The molecule has 106 valence electrons. The summed E-state index contributed by atoms with van der Waals surface area (Å²) in [7, 11) is 0. The molecular weight excluding hydrogens is 369 g/mol. The van der Waals surface area contributed by atoms with Gasteiger partial charge in [0.15, 0.2) is 0 Å². The van der Waals surface area contributed by atoms with Crippen molar-refractivity contribution in [3.63, 3.8) is 0 Å². The molecule has 0 aromatic heterocycles. The van der Waals surface area contributed by atoms with Crippen LogP contribution in [0.15, 0.2) is 40.5 Å². The minimum atomic E-state index is -0.560. The van der Waals surface area contributed by atoms with Gasteiger partial charge in [-0.1, -0.05) is 43.8 Å². The number of ether oxygens (including phenoxy) is 1. The zero-order valence-corrected chi connectivity index (χ0v) is 13.4. The van der Waals surface area contributed by atoms with Crippen molar-refractivity contribution in [3.05, 3.63) is 46.1 Å². The van der Waals surface area contributed by atoms with E-state index in [2.05, 4.69) is 29.2 Å². The second kappa shape index (κ2) is 6.39. The predicted molar refractivity (Wildman–Crippen MR) is 84.3 cm³/mol. The molecule has 2 rings (SSSR count). The molecule has 4 nitrogen and oxygen atoms in total. The molecule has 0 saturated carbocycles. The highest BCUT2D eigenvalue weighted by Crippen LogP contribution is 2.30. The van der Waals surface area contributed by atoms with Crippen LogP contribution in [-0.4, -0.2) is 23.5 Å². The number of rotatable bonds is 4. The van der Waals surface area contributed by atoms with Crippen molar-refractivity contribution in [2.24, 2.45) is 5.92 Å². The van der Waals surface area contributed by atoms with Crippen LogP contribution in [0.25, 0.3) is 0 Å². The molecule has 1 aliphatic rings. The maximum atomic E-state index is 12.3. The van der Waals surface area contributed by atoms with Crippen molar-refractivity contribution < 1.29 is 14.3 Å². The van der Waals surface area contributed by atoms with Gasteiger partial charge in [0.2, 0.25) is 5.91 Å². The molecule has 1 heterocycles. The van der Waals surface area contributed by atoms with Crippen LogP contribution in [0.2, 0.25) is 0 Å². The van der Waals surface area contributed by atoms with Crippen molar-refractivity contribution in [2.45, 2.75) is 19.4 Å². The number of allylic oxidation sites excluding steroid dienone is 1. The van der Waals surface area contributed by atoms with Crippen LogP contribution >= 0.6 is 22.6 Å². The van der Waals surface area contributed by atoms with E-state index in [-0.39, 0.29) is 30.9 Å². The average molecular weight is 385 g/mol. The molecule has 20 heavy (non-hydrogen) atoms. The molecule has 2 amide bonds. The largest absolute Gasteiger partial charge is 0.446 e. The molecule has 0 N–H and O–H groups in total. The van der Waals surface area contributed by atoms with Gasteiger partial charge in [0.25, 0.3) is 0 Å². The molecule has 0 aliphatic carbocycles. The highest BCUT2D eigenvalue weighted by Gasteiger charge is 2.38. The minimum Gasteiger partial charge on any atom is -0.446 e. The van der Waals surface area contributed by atoms with E-state index < -0.39 is 6.09 Å². The van der Waals surface area contributed by atoms with Gasteiger partial charge in [0.1, 0.15) is 12.6 Å². The summed E-state index contributed by atoms with van der Waals surface area (Å²) in [5.74, 6) is -0.181. The molecule has 1 saturated heterocycles. The van der Waals surface area contributed by atoms with Gasteiger partial charge in [0.05, 0.1) is 0 Å². The second-order valence-electron chi connectivity index (χ2n) is 4.82. The third kappa shape index (κ3) is 3.20. The Hall–Kier alpha value is -1.37. The molecule has 0 unspecified atom stereocenters. The van der Waals surface area contributed by atoms with Crippen LogP contribution in [0.5, 0.6) is 0 Å². The third-order valence-corrected chi connectivity index (χ3v) is 4.40. The van der Waals surface area contributed by atoms with Crippen molar-refractivity contribution >= 4 is 34.6 Å². The molecule has 0 radical (unpaired) electrons. The first-order chi connectivity index (χ1) is 9.50. The number of cyclic esters (lactones) is 1. The molecule has 1 fully saturated rings. The van der Waals surface area contributed by atoms with E-state index in [4.69, 9.17) is 4.74 Å². The normalized spacial score (nSPS) is 19.6. The summed E-state index contributed by atoms with van der Waals surface area (Å²) in [6.45, 7) is 5.97. The van der Waals surface area contributed by atoms with Crippen LogP contribution in [0.3, 0.4) is 0 Å². The number of nitrogens with zero attached hydrogens (tertiary/aromatic N) is 1. The Morgan fingerprint density at radius 3 is 2.75 bits per heavy atom. The summed E-state index contributed by atoms with van der Waals surface area (Å²) in [4.78, 5) is 25.4. The molecule has 0 bridgehead atoms. The van der Waals surface area contributed by atoms with Gasteiger partial charge >= 0.3 is 6.09 Å². The summed E-state index contributed by atoms with van der Waals surface area (Å²) < 4.78 is 5.94. The maximum absolute atomic E-state index is 12.3. The van der Waals surface area contributed by atoms with E-state index in [0.29, 0.717) is 0 Å². The third-order valence-electron chi connectivity index (χ3n) is 3.34. The minimum absolute atomic E-state index is 0.0351. The lowest BCUT2D eigenvalue weighted by molar-refractivity contribution is -0.129. The van der Waals surface area contributed by atoms with Crippen LogP contribution in [0.1, 0.15) is 24.9 Å². The van der Waals surface area contributed by atoms with E-state index in [1.54, 1.807) is 0 Å². The summed E-state index contributed by atoms with van der Waals surface area (Å²) >= 11 is 2.11. The van der Waals surface area contributed by atoms with Gasteiger partial charge in [-0.2, -0.15) is 0 Å². The molecule has 0 spiro atoms. The highest BCUT2D eigenvalue weighted by atomic mass is 127. The lowest BCUT2D eigenvalue weighted by Crippen LogP contribution is -2.35. The number of hydrogen-bond donors (Lipinski definition) is 0. The Morgan fingerprint density at radius 1 is 1.50 bits per heavy atom. The number of amides is 2. The fourth-order valence-electron chi connectivity index (χ4n) is 2.09. The average Bonchev–Trinajstić information content (AvgIpc) is 2.81. The van der Waals surface area contributed by atoms with Crippen LogP contribution in [0, 0.1) is 5.92 Å². The zero-order valence-electron chi connectivity index (χ0n) is 11.2. The molecular formula is C15H16INO3. The lowest BCUT2D eigenvalue weighted by Gasteiger charge is -2.21. The number of benzene rings is 1. The Bertz CT molecular complexity index is 529. The lowest BCUT2D eigenvalue weighted by atomic mass is 10.0. The standard InChI is InChI=1S/C15H16INO3/c1-10(11(2)16)8-14(18)17-13(9-20-15(17)19)12-6-4-3-5-7-12/h3-7,10,13H,2,8-9H2,1H3/t10-,13-/m1/s1. The van der Waals surface area contributed by atoms with Crippen LogP contribution in [0.4, 0.5) is 4.79 Å². The summed E-state index contributed by atoms with van der Waals surface area (Å²) in [6, 6.07) is 9.13. The first kappa shape index (κ1) is 15.0. The van der Waals surface area contributed by atoms with E-state index in [9.17, 15) is 9.59 Å². The van der Waals surface area contributed by atoms with Gasteiger partial charge in [-0.05, 0) is 37.7 Å². The smallest absolute Gasteiger partial charge is 0.417 e. The Balaban J connectivity index is 2.17. The van der Waals surface area contributed by atoms with Crippen molar-refractivity contribution in [1.29, 1.82) is 0 Å². The number of halogens is 1. The van der Waals surface area contributed by atoms with Crippen LogP contribution in [-0.2, 0) is 9.53 Å². The summed E-state index contributed by atoms with van der Waals surface area (Å²) in [6.07, 6.45) is -0.296. The van der Waals surface area contributed by atoms with E-state index in [1.807, 2.05) is 37.3 Å². The second-order valence-corrected chi connectivity index (χ2v) is 6.20. The monoisotopic (exact) mass is 385 g/mol. The van der Waals surface area contributed by atoms with E-state index >= 15 is 0 Å². The Labute approximate surface area is 131 Å². The number of carbonyl (C=O) groups excluding carboxylic acids is 2. The fraction of sp³-hybridized carbons (Fsp3) is 0.333. The maximum Gasteiger partial charge on any atom is 0.417 e. The predicted octanol–water partition coefficient (Wildman–Crippen LogP) is 3.68. The topological polar surface area (TPSA) is 46.6 Å². The van der Waals surface area contributed by atoms with Gasteiger partial charge < -0.3 is 4.74 Å². The molecule has 1 aromatic carbocycles. The van der Waals surface area contributed by atoms with E-state index in [0.717, 1.165) is 9.14 Å². The zero-order chi connectivity index (χ0) is 14.7. The number of imide groups is 1. The molecule has 1 aliphatic heterocycles. The highest BCUT2D eigenvalue weighted by molar-refractivity contribution is 14.1. The quantitative estimate of drug-likeness (QED) is 0.743. The van der Waals surface area contributed by atoms with Crippen molar-refractivity contribution in [1.82, 2.24) is 4.90 Å². The Kier molecular flexibility index (Phi) is 4.80. The Morgan fingerprint density at radius 2 is 2.15 bits per heavy atom. The van der Waals surface area contributed by atoms with Gasteiger partial charge in [-0.25, -0.2) is 9.69 Å². The van der Waals surface area contributed by atoms with E-state index in [1.165, 1.54) is 4.90 Å². The molecule has 2 atom stereocenters. The first-order valence-electron chi connectivity index (χ1n) is 6.38.